The third-order valence-corrected chi connectivity index (χ3v) is 4.86. The van der Waals surface area contributed by atoms with E-state index in [0.29, 0.717) is 16.3 Å². The molecule has 3 aromatic rings. The van der Waals surface area contributed by atoms with Crippen molar-refractivity contribution >= 4 is 34.2 Å². The third kappa shape index (κ3) is 4.89. The standard InChI is InChI=1S/C19H18N2O4S.Na/c1-11-9-17(19(22)15-7-5-4-6-14(11)15)21-20-16-10-18(26-25-24-23)13(3)8-12(16)2;/h4-10,22-23H,1-3H3;/q;+1/p-1. The third-order valence-electron chi connectivity index (χ3n) is 4.11. The molecule has 0 aliphatic rings. The first-order chi connectivity index (χ1) is 12.5. The molecule has 3 aromatic carbocycles. The van der Waals surface area contributed by atoms with E-state index in [4.69, 9.17) is 0 Å². The Morgan fingerprint density at radius 1 is 0.889 bits per heavy atom. The molecule has 6 nitrogen and oxygen atoms in total. The molecule has 8 heteroatoms. The molecule has 0 saturated heterocycles. The van der Waals surface area contributed by atoms with E-state index in [9.17, 15) is 10.4 Å². The molecule has 27 heavy (non-hydrogen) atoms. The van der Waals surface area contributed by atoms with Crippen molar-refractivity contribution in [2.75, 3.05) is 0 Å². The van der Waals surface area contributed by atoms with Gasteiger partial charge in [0.15, 0.2) is 5.75 Å². The van der Waals surface area contributed by atoms with Gasteiger partial charge in [-0.25, -0.2) is 0 Å². The van der Waals surface area contributed by atoms with E-state index >= 15 is 0 Å². The van der Waals surface area contributed by atoms with Gasteiger partial charge in [-0.1, -0.05) is 30.3 Å². The predicted molar refractivity (Wildman–Crippen MR) is 98.5 cm³/mol. The van der Waals surface area contributed by atoms with Gasteiger partial charge in [0, 0.05) is 10.3 Å². The predicted octanol–water partition coefficient (Wildman–Crippen LogP) is 2.12. The maximum absolute atomic E-state index is 10.5. The van der Waals surface area contributed by atoms with Crippen LogP contribution in [0.15, 0.2) is 57.6 Å². The van der Waals surface area contributed by atoms with Crippen LogP contribution in [-0.4, -0.2) is 5.11 Å². The zero-order valence-electron chi connectivity index (χ0n) is 15.5. The van der Waals surface area contributed by atoms with Crippen LogP contribution in [0.25, 0.3) is 10.8 Å². The fraction of sp³-hybridized carbons (Fsp3) is 0.158. The van der Waals surface area contributed by atoms with Crippen LogP contribution < -0.4 is 34.8 Å². The Morgan fingerprint density at radius 3 is 2.26 bits per heavy atom. The molecule has 3 rings (SSSR count). The number of aromatic hydroxyl groups is 1. The first-order valence-electron chi connectivity index (χ1n) is 7.88. The van der Waals surface area contributed by atoms with Crippen molar-refractivity contribution in [2.24, 2.45) is 10.2 Å². The van der Waals surface area contributed by atoms with E-state index in [1.807, 2.05) is 51.1 Å². The summed E-state index contributed by atoms with van der Waals surface area (Å²) in [6.45, 7) is 5.77. The quantitative estimate of drug-likeness (QED) is 0.236. The summed E-state index contributed by atoms with van der Waals surface area (Å²) < 4.78 is 4.39. The Balaban J connectivity index is 0.00000261. The fourth-order valence-electron chi connectivity index (χ4n) is 2.78. The summed E-state index contributed by atoms with van der Waals surface area (Å²) in [7, 11) is 0. The van der Waals surface area contributed by atoms with Gasteiger partial charge in [-0.05, 0) is 55.0 Å². The molecule has 0 saturated carbocycles. The van der Waals surface area contributed by atoms with Gasteiger partial charge in [0.1, 0.15) is 5.69 Å². The van der Waals surface area contributed by atoms with E-state index in [-0.39, 0.29) is 35.3 Å². The molecule has 0 fully saturated rings. The molecule has 0 aliphatic heterocycles. The smallest absolute Gasteiger partial charge is 0.691 e. The van der Waals surface area contributed by atoms with Crippen molar-refractivity contribution in [3.05, 3.63) is 59.2 Å². The van der Waals surface area contributed by atoms with Crippen LogP contribution in [0.3, 0.4) is 0 Å². The topological polar surface area (TPSA) is 86.5 Å². The second kappa shape index (κ2) is 9.66. The Bertz CT molecular complexity index is 995. The molecule has 0 heterocycles. The van der Waals surface area contributed by atoms with Crippen molar-refractivity contribution < 1.29 is 49.3 Å². The molecule has 0 aliphatic carbocycles. The number of hydrogen-bond donors (Lipinski definition) is 1. The van der Waals surface area contributed by atoms with E-state index < -0.39 is 0 Å². The van der Waals surface area contributed by atoms with Crippen LogP contribution in [0.5, 0.6) is 5.75 Å². The van der Waals surface area contributed by atoms with Crippen molar-refractivity contribution in [1.82, 2.24) is 0 Å². The summed E-state index contributed by atoms with van der Waals surface area (Å²) in [5.74, 6) is 0.0948. The number of hydrogen-bond acceptors (Lipinski definition) is 7. The van der Waals surface area contributed by atoms with Crippen LogP contribution in [0.2, 0.25) is 0 Å². The van der Waals surface area contributed by atoms with Gasteiger partial charge < -0.3 is 10.4 Å². The minimum atomic E-state index is 0. The van der Waals surface area contributed by atoms with E-state index in [1.54, 1.807) is 12.1 Å². The molecule has 0 atom stereocenters. The van der Waals surface area contributed by atoms with Crippen LogP contribution >= 0.6 is 12.0 Å². The molecule has 134 valence electrons. The summed E-state index contributed by atoms with van der Waals surface area (Å²) in [5, 5.41) is 34.2. The Labute approximate surface area is 183 Å². The van der Waals surface area contributed by atoms with Crippen molar-refractivity contribution in [3.8, 4) is 5.75 Å². The van der Waals surface area contributed by atoms with Gasteiger partial charge >= 0.3 is 29.6 Å². The molecular formula is C19H17N2NaO4S. The minimum absolute atomic E-state index is 0. The summed E-state index contributed by atoms with van der Waals surface area (Å²) >= 11 is 0.813. The van der Waals surface area contributed by atoms with Gasteiger partial charge in [-0.15, -0.1) is 5.11 Å². The Hall–Kier alpha value is -1.45. The van der Waals surface area contributed by atoms with Gasteiger partial charge in [-0.2, -0.15) is 9.45 Å². The maximum atomic E-state index is 10.5. The van der Waals surface area contributed by atoms with Crippen molar-refractivity contribution in [1.29, 1.82) is 0 Å². The average Bonchev–Trinajstić information content (AvgIpc) is 2.64. The SMILES string of the molecule is Cc1cc(C)c(SOO[O-])cc1N=Nc1cc(C)c2ccccc2c1O.[Na+]. The van der Waals surface area contributed by atoms with Crippen molar-refractivity contribution in [3.63, 3.8) is 0 Å². The molecule has 0 radical (unpaired) electrons. The number of phenols is 1. The van der Waals surface area contributed by atoms with Gasteiger partial charge in [0.2, 0.25) is 0 Å². The van der Waals surface area contributed by atoms with Gasteiger partial charge in [0.05, 0.1) is 17.7 Å². The molecule has 0 aromatic heterocycles. The second-order valence-electron chi connectivity index (χ2n) is 5.93. The largest absolute Gasteiger partial charge is 1.00 e. The molecule has 0 amide bonds. The zero-order chi connectivity index (χ0) is 18.7. The summed E-state index contributed by atoms with van der Waals surface area (Å²) in [5.41, 5.74) is 3.85. The number of phenolic OH excluding ortho intramolecular Hbond substituents is 1. The number of aryl methyl sites for hydroxylation is 3. The van der Waals surface area contributed by atoms with Gasteiger partial charge in [0.25, 0.3) is 0 Å². The molecule has 0 bridgehead atoms. The van der Waals surface area contributed by atoms with E-state index in [1.165, 1.54) is 0 Å². The average molecular weight is 392 g/mol. The second-order valence-corrected chi connectivity index (χ2v) is 6.67. The fourth-order valence-corrected chi connectivity index (χ4v) is 3.23. The number of rotatable bonds is 5. The molecule has 0 unspecified atom stereocenters. The summed E-state index contributed by atoms with van der Waals surface area (Å²) in [6, 6.07) is 13.1. The van der Waals surface area contributed by atoms with Crippen LogP contribution in [0.1, 0.15) is 16.7 Å². The zero-order valence-corrected chi connectivity index (χ0v) is 18.3. The molecule has 1 N–H and O–H groups in total. The van der Waals surface area contributed by atoms with Crippen molar-refractivity contribution in [2.45, 2.75) is 25.7 Å². The number of fused-ring (bicyclic) bond motifs is 1. The van der Waals surface area contributed by atoms with E-state index in [0.717, 1.165) is 39.5 Å². The van der Waals surface area contributed by atoms with Crippen LogP contribution in [0.4, 0.5) is 11.4 Å². The first-order valence-corrected chi connectivity index (χ1v) is 8.63. The van der Waals surface area contributed by atoms with Gasteiger partial charge in [-0.3, -0.25) is 5.04 Å². The minimum Gasteiger partial charge on any atom is -0.691 e. The normalized spacial score (nSPS) is 11.1. The maximum Gasteiger partial charge on any atom is 1.00 e. The van der Waals surface area contributed by atoms with Crippen LogP contribution in [-0.2, 0) is 9.37 Å². The monoisotopic (exact) mass is 392 g/mol. The Kier molecular flexibility index (Phi) is 7.81. The number of benzene rings is 3. The summed E-state index contributed by atoms with van der Waals surface area (Å²) in [6.07, 6.45) is 0. The number of azo groups is 1. The van der Waals surface area contributed by atoms with Crippen LogP contribution in [0, 0.1) is 20.8 Å². The van der Waals surface area contributed by atoms with E-state index in [2.05, 4.69) is 19.6 Å². The number of nitrogens with zero attached hydrogens (tertiary/aromatic N) is 2. The molecular weight excluding hydrogens is 375 g/mol. The Morgan fingerprint density at radius 2 is 1.56 bits per heavy atom. The first kappa shape index (κ1) is 21.8. The molecule has 0 spiro atoms. The summed E-state index contributed by atoms with van der Waals surface area (Å²) in [4.78, 5) is 0.694.